The van der Waals surface area contributed by atoms with E-state index < -0.39 is 16.1 Å². The number of nitrogens with one attached hydrogen (secondary N) is 1. The summed E-state index contributed by atoms with van der Waals surface area (Å²) >= 11 is 0. The van der Waals surface area contributed by atoms with Crippen molar-refractivity contribution in [3.8, 4) is 0 Å². The second-order valence-corrected chi connectivity index (χ2v) is 8.69. The van der Waals surface area contributed by atoms with Crippen LogP contribution in [0.5, 0.6) is 0 Å². The standard InChI is InChI=1S/C20H34N2O4S/c1-4-6-7-8-9-16-22(5-2)20(24)15-14-19(23)17-10-12-18(13-11-17)21-27(3,25)26/h10-13,19,21,23H,4-9,14-16H2,1-3H3/t19-/m1/s1/i19+2,20+2. The van der Waals surface area contributed by atoms with Crippen LogP contribution in [0, 0.1) is 0 Å². The van der Waals surface area contributed by atoms with Gasteiger partial charge in [0.15, 0.2) is 0 Å². The Morgan fingerprint density at radius 3 is 2.30 bits per heavy atom. The molecule has 0 aliphatic heterocycles. The Morgan fingerprint density at radius 2 is 1.74 bits per heavy atom. The molecule has 2 N–H and O–H groups in total. The first-order chi connectivity index (χ1) is 12.8. The van der Waals surface area contributed by atoms with Crippen molar-refractivity contribution < 1.29 is 18.3 Å². The molecule has 0 aliphatic carbocycles. The van der Waals surface area contributed by atoms with E-state index in [2.05, 4.69) is 11.6 Å². The lowest BCUT2D eigenvalue weighted by atomic mass is 10.1. The Balaban J connectivity index is 2.44. The molecule has 1 rings (SSSR count). The van der Waals surface area contributed by atoms with Gasteiger partial charge in [0.2, 0.25) is 15.9 Å². The first-order valence-electron chi connectivity index (χ1n) is 9.80. The fourth-order valence-corrected chi connectivity index (χ4v) is 3.50. The maximum absolute atomic E-state index is 12.4. The zero-order valence-corrected chi connectivity index (χ0v) is 17.6. The van der Waals surface area contributed by atoms with Crippen molar-refractivity contribution in [2.75, 3.05) is 24.1 Å². The van der Waals surface area contributed by atoms with Gasteiger partial charge in [0.25, 0.3) is 0 Å². The van der Waals surface area contributed by atoms with Crippen LogP contribution in [-0.2, 0) is 14.8 Å². The minimum Gasteiger partial charge on any atom is -0.388 e. The Hall–Kier alpha value is -1.60. The summed E-state index contributed by atoms with van der Waals surface area (Å²) in [7, 11) is -3.32. The maximum Gasteiger partial charge on any atom is 0.229 e. The molecule has 7 heteroatoms. The van der Waals surface area contributed by atoms with Crippen molar-refractivity contribution in [2.45, 2.75) is 64.9 Å². The number of aliphatic hydroxyl groups excluding tert-OH is 1. The summed E-state index contributed by atoms with van der Waals surface area (Å²) in [6.45, 7) is 5.63. The monoisotopic (exact) mass is 402 g/mol. The van der Waals surface area contributed by atoms with Gasteiger partial charge in [-0.05, 0) is 37.5 Å². The van der Waals surface area contributed by atoms with E-state index in [-0.39, 0.29) is 5.91 Å². The third-order valence-corrected chi connectivity index (χ3v) is 5.10. The van der Waals surface area contributed by atoms with Crippen LogP contribution in [-0.4, -0.2) is 43.7 Å². The largest absolute Gasteiger partial charge is 0.388 e. The number of carbonyl (C=O) groups excluding carboxylic acids is 1. The molecule has 0 aliphatic rings. The molecule has 0 heterocycles. The Morgan fingerprint density at radius 1 is 1.11 bits per heavy atom. The molecule has 0 saturated heterocycles. The predicted molar refractivity (Wildman–Crippen MR) is 110 cm³/mol. The molecule has 27 heavy (non-hydrogen) atoms. The van der Waals surface area contributed by atoms with Crippen molar-refractivity contribution in [3.05, 3.63) is 29.8 Å². The SMILES string of the molecule is CCCCCCCN(CC)[14C](=O)CC[14C@@H](O)c1ccc(NS(C)(=O)=O)cc1. The molecule has 0 fully saturated rings. The molecule has 0 unspecified atom stereocenters. The second kappa shape index (κ2) is 12.0. The highest BCUT2D eigenvalue weighted by Crippen LogP contribution is 2.21. The van der Waals surface area contributed by atoms with Crippen molar-refractivity contribution in [3.63, 3.8) is 0 Å². The molecule has 6 nitrogen and oxygen atoms in total. The summed E-state index contributed by atoms with van der Waals surface area (Å²) in [4.78, 5) is 14.2. The summed E-state index contributed by atoms with van der Waals surface area (Å²) in [5.41, 5.74) is 1.12. The van der Waals surface area contributed by atoms with Gasteiger partial charge < -0.3 is 10.0 Å². The molecule has 0 saturated carbocycles. The fourth-order valence-electron chi connectivity index (χ4n) is 2.94. The number of sulfonamides is 1. The van der Waals surface area contributed by atoms with Crippen molar-refractivity contribution in [1.82, 2.24) is 4.90 Å². The number of rotatable bonds is 13. The smallest absolute Gasteiger partial charge is 0.229 e. The summed E-state index contributed by atoms with van der Waals surface area (Å²) in [6, 6.07) is 6.56. The number of nitrogens with zero attached hydrogens (tertiary/aromatic N) is 1. The normalized spacial score (nSPS) is 12.6. The van der Waals surface area contributed by atoms with Crippen LogP contribution < -0.4 is 4.72 Å². The third-order valence-electron chi connectivity index (χ3n) is 4.50. The number of anilines is 1. The number of hydrogen-bond acceptors (Lipinski definition) is 4. The number of unbranched alkanes of at least 4 members (excludes halogenated alkanes) is 4. The second-order valence-electron chi connectivity index (χ2n) is 6.94. The van der Waals surface area contributed by atoms with Gasteiger partial charge in [-0.2, -0.15) is 0 Å². The molecule has 0 aromatic heterocycles. The zero-order chi connectivity index (χ0) is 20.3. The molecule has 0 radical (unpaired) electrons. The van der Waals surface area contributed by atoms with E-state index in [1.165, 1.54) is 19.3 Å². The van der Waals surface area contributed by atoms with E-state index >= 15 is 0 Å². The Kier molecular flexibility index (Phi) is 10.4. The maximum atomic E-state index is 12.4. The number of aliphatic hydroxyl groups is 1. The highest BCUT2D eigenvalue weighted by Gasteiger charge is 2.15. The first kappa shape index (κ1) is 23.4. The number of benzene rings is 1. The van der Waals surface area contributed by atoms with Gasteiger partial charge in [-0.1, -0.05) is 44.7 Å². The van der Waals surface area contributed by atoms with Crippen LogP contribution >= 0.6 is 0 Å². The Bertz CT molecular complexity index is 659. The summed E-state index contributed by atoms with van der Waals surface area (Å²) in [5.74, 6) is 0.0717. The molecule has 0 spiro atoms. The molecule has 1 aromatic carbocycles. The predicted octanol–water partition coefficient (Wildman–Crippen LogP) is 3.69. The van der Waals surface area contributed by atoms with Gasteiger partial charge >= 0.3 is 0 Å². The quantitative estimate of drug-likeness (QED) is 0.493. The van der Waals surface area contributed by atoms with Crippen molar-refractivity contribution in [1.29, 1.82) is 0 Å². The minimum atomic E-state index is -3.32. The first-order valence-corrected chi connectivity index (χ1v) is 11.7. The van der Waals surface area contributed by atoms with E-state index in [9.17, 15) is 18.3 Å². The molecule has 1 amide bonds. The van der Waals surface area contributed by atoms with Crippen LogP contribution in [0.15, 0.2) is 24.3 Å². The highest BCUT2D eigenvalue weighted by atomic mass is 32.2. The van der Waals surface area contributed by atoms with Crippen LogP contribution in [0.2, 0.25) is 0 Å². The lowest BCUT2D eigenvalue weighted by Gasteiger charge is -2.21. The van der Waals surface area contributed by atoms with Crippen molar-refractivity contribution in [2.24, 2.45) is 0 Å². The molecular formula is C20H34N2O4S. The fraction of sp³-hybridized carbons (Fsp3) is 0.650. The minimum absolute atomic E-state index is 0.0717. The zero-order valence-electron chi connectivity index (χ0n) is 16.8. The van der Waals surface area contributed by atoms with Gasteiger partial charge in [0.05, 0.1) is 12.4 Å². The van der Waals surface area contributed by atoms with Gasteiger partial charge in [0.1, 0.15) is 0 Å². The molecular weight excluding hydrogens is 368 g/mol. The molecule has 1 aromatic rings. The summed E-state index contributed by atoms with van der Waals surface area (Å²) in [5, 5.41) is 10.3. The van der Waals surface area contributed by atoms with E-state index in [1.807, 2.05) is 11.8 Å². The van der Waals surface area contributed by atoms with Crippen molar-refractivity contribution >= 4 is 21.6 Å². The van der Waals surface area contributed by atoms with E-state index in [4.69, 9.17) is 0 Å². The van der Waals surface area contributed by atoms with Crippen LogP contribution in [0.25, 0.3) is 0 Å². The van der Waals surface area contributed by atoms with Crippen LogP contribution in [0.1, 0.15) is 70.5 Å². The number of hydrogen-bond donors (Lipinski definition) is 2. The summed E-state index contributed by atoms with van der Waals surface area (Å²) < 4.78 is 24.8. The number of carbonyl (C=O) groups is 1. The van der Waals surface area contributed by atoms with Gasteiger partial charge in [-0.3, -0.25) is 9.52 Å². The molecule has 0 bridgehead atoms. The lowest BCUT2D eigenvalue weighted by molar-refractivity contribution is -0.131. The third kappa shape index (κ3) is 9.77. The van der Waals surface area contributed by atoms with Crippen LogP contribution in [0.3, 0.4) is 0 Å². The van der Waals surface area contributed by atoms with E-state index in [0.717, 1.165) is 25.6 Å². The van der Waals surface area contributed by atoms with E-state index in [1.54, 1.807) is 24.3 Å². The highest BCUT2D eigenvalue weighted by molar-refractivity contribution is 7.92. The topological polar surface area (TPSA) is 86.7 Å². The molecule has 154 valence electrons. The average Bonchev–Trinajstić information content (AvgIpc) is 2.61. The number of amides is 1. The average molecular weight is 403 g/mol. The Labute approximate surface area is 164 Å². The van der Waals surface area contributed by atoms with Gasteiger partial charge in [-0.25, -0.2) is 8.42 Å². The molecule has 1 atom stereocenters. The van der Waals surface area contributed by atoms with Gasteiger partial charge in [0, 0.05) is 25.2 Å². The summed E-state index contributed by atoms with van der Waals surface area (Å²) in [6.07, 6.45) is 6.83. The lowest BCUT2D eigenvalue weighted by Crippen LogP contribution is -2.31. The van der Waals surface area contributed by atoms with E-state index in [0.29, 0.717) is 30.6 Å². The van der Waals surface area contributed by atoms with Crippen LogP contribution in [0.4, 0.5) is 5.69 Å². The van der Waals surface area contributed by atoms with Gasteiger partial charge in [-0.15, -0.1) is 0 Å².